The lowest BCUT2D eigenvalue weighted by atomic mass is 10.6. The van der Waals surface area contributed by atoms with Gasteiger partial charge in [-0.05, 0) is 0 Å². The predicted molar refractivity (Wildman–Crippen MR) is 62.9 cm³/mol. The van der Waals surface area contributed by atoms with Gasteiger partial charge < -0.3 is 19.3 Å². The summed E-state index contributed by atoms with van der Waals surface area (Å²) >= 11 is 0. The van der Waals surface area contributed by atoms with Gasteiger partial charge in [-0.15, -0.1) is 0 Å². The number of amides is 2. The number of carbonyl (C=O) groups is 2. The van der Waals surface area contributed by atoms with Crippen molar-refractivity contribution in [3.63, 3.8) is 0 Å². The number of nitrogens with one attached hydrogen (secondary N) is 1. The fourth-order valence-corrected chi connectivity index (χ4v) is 0.885. The number of rotatable bonds is 8. The van der Waals surface area contributed by atoms with Crippen LogP contribution in [0.5, 0.6) is 0 Å². The second-order valence-corrected chi connectivity index (χ2v) is 3.13. The van der Waals surface area contributed by atoms with Crippen molar-refractivity contribution in [2.45, 2.75) is 0 Å². The van der Waals surface area contributed by atoms with E-state index in [0.29, 0.717) is 33.0 Å². The Balaban J connectivity index is 0.000000351. The average molecular weight is 261 g/mol. The molecule has 0 aromatic heterocycles. The number of aliphatic hydroxyl groups excluding tert-OH is 1. The van der Waals surface area contributed by atoms with E-state index in [2.05, 4.69) is 0 Å². The van der Waals surface area contributed by atoms with Crippen LogP contribution in [0.3, 0.4) is 0 Å². The van der Waals surface area contributed by atoms with Crippen molar-refractivity contribution in [2.75, 3.05) is 46.8 Å². The SMILES string of the molecule is COCCOCCOCCO.O=C1C=CC(=O)N1. The highest BCUT2D eigenvalue weighted by Crippen LogP contribution is 1.82. The maximum Gasteiger partial charge on any atom is 0.250 e. The molecule has 1 rings (SSSR count). The van der Waals surface area contributed by atoms with E-state index in [1.807, 2.05) is 5.32 Å². The number of hydrogen-bond acceptors (Lipinski definition) is 6. The van der Waals surface area contributed by atoms with Crippen molar-refractivity contribution in [2.24, 2.45) is 0 Å². The Hall–Kier alpha value is -1.28. The van der Waals surface area contributed by atoms with Gasteiger partial charge in [0.2, 0.25) is 0 Å². The van der Waals surface area contributed by atoms with Crippen LogP contribution in [-0.4, -0.2) is 63.7 Å². The van der Waals surface area contributed by atoms with E-state index in [1.165, 1.54) is 12.2 Å². The second kappa shape index (κ2) is 12.2. The second-order valence-electron chi connectivity index (χ2n) is 3.13. The summed E-state index contributed by atoms with van der Waals surface area (Å²) in [6, 6.07) is 0. The molecule has 0 unspecified atom stereocenters. The van der Waals surface area contributed by atoms with Crippen molar-refractivity contribution in [3.05, 3.63) is 12.2 Å². The molecule has 18 heavy (non-hydrogen) atoms. The van der Waals surface area contributed by atoms with E-state index in [9.17, 15) is 9.59 Å². The first-order chi connectivity index (χ1) is 8.70. The van der Waals surface area contributed by atoms with Crippen LogP contribution in [-0.2, 0) is 23.8 Å². The molecule has 0 spiro atoms. The summed E-state index contributed by atoms with van der Waals surface area (Å²) in [4.78, 5) is 20.1. The molecule has 0 fully saturated rings. The van der Waals surface area contributed by atoms with Crippen LogP contribution in [0.2, 0.25) is 0 Å². The van der Waals surface area contributed by atoms with Crippen LogP contribution in [0.25, 0.3) is 0 Å². The highest BCUT2D eigenvalue weighted by molar-refractivity contribution is 6.12. The van der Waals surface area contributed by atoms with Gasteiger partial charge in [0.1, 0.15) is 0 Å². The Morgan fingerprint density at radius 3 is 1.89 bits per heavy atom. The summed E-state index contributed by atoms with van der Waals surface area (Å²) in [6.07, 6.45) is 2.39. The van der Waals surface area contributed by atoms with Gasteiger partial charge in [-0.25, -0.2) is 0 Å². The van der Waals surface area contributed by atoms with Crippen LogP contribution >= 0.6 is 0 Å². The first kappa shape index (κ1) is 16.7. The highest BCUT2D eigenvalue weighted by Gasteiger charge is 2.06. The van der Waals surface area contributed by atoms with Crippen molar-refractivity contribution in [1.29, 1.82) is 0 Å². The topological polar surface area (TPSA) is 94.1 Å². The summed E-state index contributed by atoms with van der Waals surface area (Å²) in [5, 5.41) is 10.3. The number of imide groups is 1. The van der Waals surface area contributed by atoms with E-state index in [0.717, 1.165) is 0 Å². The Morgan fingerprint density at radius 1 is 1.00 bits per heavy atom. The minimum absolute atomic E-state index is 0.0675. The standard InChI is InChI=1S/C7H16O4.C4H3NO2/c1-9-4-5-11-7-6-10-3-2-8;6-3-1-2-4(7)5-3/h8H,2-7H2,1H3;1-2H,(H,5,6,7). The molecule has 0 radical (unpaired) electrons. The average Bonchev–Trinajstić information content (AvgIpc) is 2.73. The molecule has 2 N–H and O–H groups in total. The summed E-state index contributed by atoms with van der Waals surface area (Å²) in [5.74, 6) is -0.657. The summed E-state index contributed by atoms with van der Waals surface area (Å²) in [6.45, 7) is 2.75. The number of carbonyl (C=O) groups excluding carboxylic acids is 2. The molecule has 0 atom stereocenters. The van der Waals surface area contributed by atoms with Crippen molar-refractivity contribution in [3.8, 4) is 0 Å². The molecule has 104 valence electrons. The van der Waals surface area contributed by atoms with Gasteiger partial charge in [0.05, 0.1) is 39.6 Å². The molecule has 7 heteroatoms. The third-order valence-corrected chi connectivity index (χ3v) is 1.67. The molecule has 7 nitrogen and oxygen atoms in total. The van der Waals surface area contributed by atoms with Gasteiger partial charge in [0, 0.05) is 19.3 Å². The molecule has 0 saturated heterocycles. The quantitative estimate of drug-likeness (QED) is 0.423. The van der Waals surface area contributed by atoms with E-state index >= 15 is 0 Å². The minimum atomic E-state index is -0.329. The predicted octanol–water partition coefficient (Wildman–Crippen LogP) is -1.14. The molecule has 0 aromatic rings. The Kier molecular flexibility index (Phi) is 11.3. The van der Waals surface area contributed by atoms with Gasteiger partial charge in [-0.2, -0.15) is 0 Å². The molecule has 0 aliphatic carbocycles. The zero-order valence-electron chi connectivity index (χ0n) is 10.4. The Bertz CT molecular complexity index is 242. The molecule has 0 saturated carbocycles. The highest BCUT2D eigenvalue weighted by atomic mass is 16.5. The Morgan fingerprint density at radius 2 is 1.50 bits per heavy atom. The lowest BCUT2D eigenvalue weighted by Gasteiger charge is -2.03. The summed E-state index contributed by atoms with van der Waals surface area (Å²) < 4.78 is 14.8. The zero-order valence-corrected chi connectivity index (χ0v) is 10.4. The summed E-state index contributed by atoms with van der Waals surface area (Å²) in [7, 11) is 1.63. The monoisotopic (exact) mass is 261 g/mol. The molecular formula is C11H19NO6. The molecular weight excluding hydrogens is 242 g/mol. The van der Waals surface area contributed by atoms with Gasteiger partial charge in [-0.1, -0.05) is 0 Å². The van der Waals surface area contributed by atoms with Crippen molar-refractivity contribution in [1.82, 2.24) is 5.32 Å². The minimum Gasteiger partial charge on any atom is -0.394 e. The van der Waals surface area contributed by atoms with E-state index < -0.39 is 0 Å². The number of hydrogen-bond donors (Lipinski definition) is 2. The first-order valence-corrected chi connectivity index (χ1v) is 5.49. The molecule has 2 amide bonds. The first-order valence-electron chi connectivity index (χ1n) is 5.49. The lowest BCUT2D eigenvalue weighted by molar-refractivity contribution is -0.123. The smallest absolute Gasteiger partial charge is 0.250 e. The van der Waals surface area contributed by atoms with Crippen LogP contribution in [0.4, 0.5) is 0 Å². The van der Waals surface area contributed by atoms with Gasteiger partial charge in [-0.3, -0.25) is 14.9 Å². The summed E-state index contributed by atoms with van der Waals surface area (Å²) in [5.41, 5.74) is 0. The third kappa shape index (κ3) is 11.2. The fraction of sp³-hybridized carbons (Fsp3) is 0.636. The molecule has 1 heterocycles. The zero-order chi connectivity index (χ0) is 13.6. The molecule has 1 aliphatic rings. The largest absolute Gasteiger partial charge is 0.394 e. The van der Waals surface area contributed by atoms with E-state index in [4.69, 9.17) is 19.3 Å². The van der Waals surface area contributed by atoms with Crippen LogP contribution < -0.4 is 5.32 Å². The maximum absolute atomic E-state index is 10.0. The number of aliphatic hydroxyl groups is 1. The normalized spacial score (nSPS) is 13.2. The van der Waals surface area contributed by atoms with Gasteiger partial charge in [0.25, 0.3) is 11.8 Å². The van der Waals surface area contributed by atoms with Gasteiger partial charge >= 0.3 is 0 Å². The van der Waals surface area contributed by atoms with Crippen LogP contribution in [0.15, 0.2) is 12.2 Å². The fourth-order valence-electron chi connectivity index (χ4n) is 0.885. The van der Waals surface area contributed by atoms with Crippen molar-refractivity contribution >= 4 is 11.8 Å². The van der Waals surface area contributed by atoms with E-state index in [1.54, 1.807) is 7.11 Å². The number of methoxy groups -OCH3 is 1. The molecule has 1 aliphatic heterocycles. The lowest BCUT2D eigenvalue weighted by Crippen LogP contribution is -2.19. The molecule has 0 bridgehead atoms. The molecule has 0 aromatic carbocycles. The van der Waals surface area contributed by atoms with Crippen molar-refractivity contribution < 1.29 is 28.9 Å². The maximum atomic E-state index is 10.0. The number of ether oxygens (including phenoxy) is 3. The Labute approximate surface area is 106 Å². The van der Waals surface area contributed by atoms with Gasteiger partial charge in [0.15, 0.2) is 0 Å². The van der Waals surface area contributed by atoms with Crippen LogP contribution in [0.1, 0.15) is 0 Å². The third-order valence-electron chi connectivity index (χ3n) is 1.67. The van der Waals surface area contributed by atoms with E-state index in [-0.39, 0.29) is 18.4 Å². The van der Waals surface area contributed by atoms with Crippen LogP contribution in [0, 0.1) is 0 Å².